The predicted octanol–water partition coefficient (Wildman–Crippen LogP) is 2.57. The lowest BCUT2D eigenvalue weighted by atomic mass is 9.82. The molecule has 1 amide bonds. The summed E-state index contributed by atoms with van der Waals surface area (Å²) >= 11 is 0. The molecule has 2 aromatic rings. The lowest BCUT2D eigenvalue weighted by Crippen LogP contribution is -2.37. The van der Waals surface area contributed by atoms with E-state index in [1.54, 1.807) is 7.11 Å². The maximum Gasteiger partial charge on any atom is 0.254 e. The minimum absolute atomic E-state index is 0.0327. The van der Waals surface area contributed by atoms with Gasteiger partial charge < -0.3 is 14.4 Å². The Labute approximate surface area is 136 Å². The molecule has 23 heavy (non-hydrogen) atoms. The van der Waals surface area contributed by atoms with Crippen molar-refractivity contribution in [3.8, 4) is 0 Å². The number of ether oxygens (including phenoxy) is 2. The van der Waals surface area contributed by atoms with Crippen molar-refractivity contribution in [2.45, 2.75) is 0 Å². The molecule has 4 rings (SSSR count). The zero-order valence-corrected chi connectivity index (χ0v) is 13.3. The molecule has 120 valence electrons. The van der Waals surface area contributed by atoms with Crippen molar-refractivity contribution in [1.82, 2.24) is 4.90 Å². The second-order valence-corrected chi connectivity index (χ2v) is 6.72. The van der Waals surface area contributed by atoms with Gasteiger partial charge in [-0.25, -0.2) is 0 Å². The topological polar surface area (TPSA) is 38.8 Å². The van der Waals surface area contributed by atoms with E-state index < -0.39 is 0 Å². The maximum absolute atomic E-state index is 13.1. The minimum Gasteiger partial charge on any atom is -0.384 e. The molecule has 0 unspecified atom stereocenters. The molecule has 0 N–H and O–H groups in total. The van der Waals surface area contributed by atoms with Gasteiger partial charge in [0.25, 0.3) is 5.91 Å². The number of benzene rings is 2. The molecule has 2 aliphatic heterocycles. The van der Waals surface area contributed by atoms with Gasteiger partial charge in [0.15, 0.2) is 0 Å². The molecular formula is C19H21NO3. The van der Waals surface area contributed by atoms with Crippen molar-refractivity contribution < 1.29 is 14.3 Å². The van der Waals surface area contributed by atoms with Crippen molar-refractivity contribution >= 4 is 16.7 Å². The van der Waals surface area contributed by atoms with Crippen LogP contribution in [-0.4, -0.2) is 50.8 Å². The van der Waals surface area contributed by atoms with Crippen LogP contribution in [0.1, 0.15) is 10.4 Å². The molecule has 2 saturated heterocycles. The highest BCUT2D eigenvalue weighted by molar-refractivity contribution is 6.07. The van der Waals surface area contributed by atoms with E-state index in [-0.39, 0.29) is 11.3 Å². The van der Waals surface area contributed by atoms with Gasteiger partial charge in [0.05, 0.1) is 19.8 Å². The zero-order chi connectivity index (χ0) is 15.9. The minimum atomic E-state index is -0.0327. The fourth-order valence-electron chi connectivity index (χ4n) is 4.06. The van der Waals surface area contributed by atoms with Crippen LogP contribution in [0.4, 0.5) is 0 Å². The van der Waals surface area contributed by atoms with Crippen LogP contribution in [0.25, 0.3) is 10.8 Å². The van der Waals surface area contributed by atoms with E-state index in [1.807, 2.05) is 47.4 Å². The first kappa shape index (κ1) is 14.7. The van der Waals surface area contributed by atoms with Crippen molar-refractivity contribution in [2.75, 3.05) is 40.0 Å². The Morgan fingerprint density at radius 2 is 2.13 bits per heavy atom. The predicted molar refractivity (Wildman–Crippen MR) is 88.5 cm³/mol. The van der Waals surface area contributed by atoms with E-state index in [1.165, 1.54) is 0 Å². The molecule has 4 heteroatoms. The molecule has 2 heterocycles. The summed E-state index contributed by atoms with van der Waals surface area (Å²) in [6, 6.07) is 14.0. The number of hydrogen-bond acceptors (Lipinski definition) is 3. The quantitative estimate of drug-likeness (QED) is 0.874. The molecule has 2 aromatic carbocycles. The van der Waals surface area contributed by atoms with Gasteiger partial charge in [-0.05, 0) is 16.8 Å². The molecule has 0 aliphatic carbocycles. The van der Waals surface area contributed by atoms with Crippen molar-refractivity contribution in [3.63, 3.8) is 0 Å². The molecule has 2 aliphatic rings. The number of hydrogen-bond donors (Lipinski definition) is 0. The first-order valence-corrected chi connectivity index (χ1v) is 8.07. The first-order chi connectivity index (χ1) is 11.2. The van der Waals surface area contributed by atoms with Gasteiger partial charge in [0.1, 0.15) is 0 Å². The van der Waals surface area contributed by atoms with Gasteiger partial charge >= 0.3 is 0 Å². The Morgan fingerprint density at radius 1 is 1.30 bits per heavy atom. The van der Waals surface area contributed by atoms with Crippen LogP contribution in [-0.2, 0) is 9.47 Å². The highest BCUT2D eigenvalue weighted by Crippen LogP contribution is 2.42. The molecular weight excluding hydrogens is 290 g/mol. The third kappa shape index (κ3) is 2.33. The third-order valence-corrected chi connectivity index (χ3v) is 5.26. The summed E-state index contributed by atoms with van der Waals surface area (Å²) in [5.41, 5.74) is 0.756. The summed E-state index contributed by atoms with van der Waals surface area (Å²) < 4.78 is 11.1. The van der Waals surface area contributed by atoms with E-state index in [0.717, 1.165) is 29.5 Å². The number of rotatable bonds is 3. The van der Waals surface area contributed by atoms with Crippen LogP contribution >= 0.6 is 0 Å². The summed E-state index contributed by atoms with van der Waals surface area (Å²) in [4.78, 5) is 15.1. The van der Waals surface area contributed by atoms with E-state index in [0.29, 0.717) is 25.7 Å². The van der Waals surface area contributed by atoms with E-state index in [9.17, 15) is 4.79 Å². The maximum atomic E-state index is 13.1. The molecule has 2 atom stereocenters. The lowest BCUT2D eigenvalue weighted by molar-refractivity contribution is 0.0489. The monoisotopic (exact) mass is 311 g/mol. The number of likely N-dealkylation sites (tertiary alicyclic amines) is 1. The van der Waals surface area contributed by atoms with Crippen molar-refractivity contribution in [3.05, 3.63) is 48.0 Å². The lowest BCUT2D eigenvalue weighted by Gasteiger charge is -2.26. The molecule has 0 spiro atoms. The third-order valence-electron chi connectivity index (χ3n) is 5.26. The molecule has 4 nitrogen and oxygen atoms in total. The van der Waals surface area contributed by atoms with Gasteiger partial charge in [-0.2, -0.15) is 0 Å². The van der Waals surface area contributed by atoms with Crippen LogP contribution in [0.2, 0.25) is 0 Å². The number of fused-ring (bicyclic) bond motifs is 2. The standard InChI is InChI=1S/C19H21NO3/c1-22-12-19-11-20(9-15(19)10-23-13-19)18(21)17-8-4-6-14-5-2-3-7-16(14)17/h2-8,15H,9-13H2,1H3/t15-,19-/m0/s1. The Kier molecular flexibility index (Phi) is 3.58. The fourth-order valence-corrected chi connectivity index (χ4v) is 4.06. The fraction of sp³-hybridized carbons (Fsp3) is 0.421. The van der Waals surface area contributed by atoms with Crippen LogP contribution in [0.5, 0.6) is 0 Å². The molecule has 0 bridgehead atoms. The summed E-state index contributed by atoms with van der Waals surface area (Å²) in [5.74, 6) is 0.494. The Hall–Kier alpha value is -1.91. The van der Waals surface area contributed by atoms with Crippen LogP contribution in [0, 0.1) is 11.3 Å². The summed E-state index contributed by atoms with van der Waals surface area (Å²) in [7, 11) is 1.72. The van der Waals surface area contributed by atoms with Gasteiger partial charge in [0.2, 0.25) is 0 Å². The Balaban J connectivity index is 1.65. The number of carbonyl (C=O) groups excluding carboxylic acids is 1. The second-order valence-electron chi connectivity index (χ2n) is 6.72. The second kappa shape index (κ2) is 5.62. The Bertz CT molecular complexity index is 739. The van der Waals surface area contributed by atoms with Gasteiger partial charge in [0, 0.05) is 37.1 Å². The largest absolute Gasteiger partial charge is 0.384 e. The van der Waals surface area contributed by atoms with E-state index in [2.05, 4.69) is 0 Å². The summed E-state index contributed by atoms with van der Waals surface area (Å²) in [6.45, 7) is 3.53. The van der Waals surface area contributed by atoms with Crippen LogP contribution in [0.15, 0.2) is 42.5 Å². The highest BCUT2D eigenvalue weighted by Gasteiger charge is 2.52. The smallest absolute Gasteiger partial charge is 0.254 e. The highest BCUT2D eigenvalue weighted by atomic mass is 16.5. The summed E-state index contributed by atoms with van der Waals surface area (Å²) in [6.07, 6.45) is 0. The number of nitrogens with zero attached hydrogens (tertiary/aromatic N) is 1. The Morgan fingerprint density at radius 3 is 3.00 bits per heavy atom. The molecule has 0 aromatic heterocycles. The first-order valence-electron chi connectivity index (χ1n) is 8.07. The average Bonchev–Trinajstić information content (AvgIpc) is 3.11. The number of amides is 1. The van der Waals surface area contributed by atoms with Gasteiger partial charge in [-0.1, -0.05) is 36.4 Å². The van der Waals surface area contributed by atoms with Crippen LogP contribution in [0.3, 0.4) is 0 Å². The van der Waals surface area contributed by atoms with Crippen molar-refractivity contribution in [1.29, 1.82) is 0 Å². The average molecular weight is 311 g/mol. The van der Waals surface area contributed by atoms with Crippen LogP contribution < -0.4 is 0 Å². The molecule has 0 radical (unpaired) electrons. The number of carbonyl (C=O) groups is 1. The van der Waals surface area contributed by atoms with E-state index in [4.69, 9.17) is 9.47 Å². The molecule has 0 saturated carbocycles. The van der Waals surface area contributed by atoms with E-state index >= 15 is 0 Å². The SMILES string of the molecule is COC[C@@]12COC[C@@H]1CN(C(=O)c1cccc3ccccc13)C2. The zero-order valence-electron chi connectivity index (χ0n) is 13.3. The van der Waals surface area contributed by atoms with Gasteiger partial charge in [-0.3, -0.25) is 4.79 Å². The number of methoxy groups -OCH3 is 1. The normalized spacial score (nSPS) is 26.7. The van der Waals surface area contributed by atoms with Gasteiger partial charge in [-0.15, -0.1) is 0 Å². The van der Waals surface area contributed by atoms with Crippen molar-refractivity contribution in [2.24, 2.45) is 11.3 Å². The molecule has 2 fully saturated rings. The summed E-state index contributed by atoms with van der Waals surface area (Å²) in [5, 5.41) is 2.13.